The van der Waals surface area contributed by atoms with Crippen LogP contribution in [-0.4, -0.2) is 15.9 Å². The second kappa shape index (κ2) is 6.75. The molecule has 0 atom stereocenters. The van der Waals surface area contributed by atoms with Crippen LogP contribution in [0.1, 0.15) is 40.2 Å². The smallest absolute Gasteiger partial charge is 0.200 e. The van der Waals surface area contributed by atoms with Gasteiger partial charge in [0.25, 0.3) is 0 Å². The van der Waals surface area contributed by atoms with E-state index in [1.165, 1.54) is 36.6 Å². The molecule has 0 saturated heterocycles. The average molecular weight is 406 g/mol. The summed E-state index contributed by atoms with van der Waals surface area (Å²) >= 11 is 6.50. The first-order valence-electron chi connectivity index (χ1n) is 9.46. The van der Waals surface area contributed by atoms with Gasteiger partial charge in [0.05, 0.1) is 16.1 Å². The van der Waals surface area contributed by atoms with Gasteiger partial charge in [0.2, 0.25) is 5.88 Å². The Morgan fingerprint density at radius 3 is 2.52 bits per heavy atom. The summed E-state index contributed by atoms with van der Waals surface area (Å²) in [5.41, 5.74) is 3.86. The molecule has 0 spiro atoms. The molecule has 0 bridgehead atoms. The molecule has 1 aromatic heterocycles. The molecule has 5 heteroatoms. The van der Waals surface area contributed by atoms with E-state index in [0.29, 0.717) is 21.8 Å². The second-order valence-electron chi connectivity index (χ2n) is 7.46. The predicted octanol–water partition coefficient (Wildman–Crippen LogP) is 6.44. The van der Waals surface area contributed by atoms with Gasteiger partial charge in [0.1, 0.15) is 5.82 Å². The molecule has 0 amide bonds. The normalized spacial score (nSPS) is 13.7. The van der Waals surface area contributed by atoms with Crippen molar-refractivity contribution in [2.45, 2.75) is 18.8 Å². The fourth-order valence-electron chi connectivity index (χ4n) is 3.78. The lowest BCUT2D eigenvalue weighted by molar-refractivity contribution is 0.103. The third-order valence-electron chi connectivity index (χ3n) is 5.45. The molecule has 1 aliphatic rings. The number of H-pyrrole nitrogens is 1. The van der Waals surface area contributed by atoms with E-state index < -0.39 is 11.6 Å². The molecule has 4 aromatic rings. The number of carbonyl (C=O) groups is 1. The number of hydrogen-bond acceptors (Lipinski definition) is 2. The van der Waals surface area contributed by atoms with Crippen LogP contribution in [0.3, 0.4) is 0 Å². The van der Waals surface area contributed by atoms with Crippen molar-refractivity contribution in [3.63, 3.8) is 0 Å². The van der Waals surface area contributed by atoms with Crippen molar-refractivity contribution < 1.29 is 14.3 Å². The number of hydrogen-bond donors (Lipinski definition) is 2. The Balaban J connectivity index is 1.63. The van der Waals surface area contributed by atoms with Crippen molar-refractivity contribution >= 4 is 28.3 Å². The van der Waals surface area contributed by atoms with E-state index in [2.05, 4.69) is 17.1 Å². The van der Waals surface area contributed by atoms with Gasteiger partial charge in [-0.1, -0.05) is 48.0 Å². The molecule has 1 saturated carbocycles. The van der Waals surface area contributed by atoms with Crippen LogP contribution in [-0.2, 0) is 0 Å². The molecule has 29 heavy (non-hydrogen) atoms. The molecule has 144 valence electrons. The Morgan fingerprint density at radius 2 is 1.83 bits per heavy atom. The molecule has 1 fully saturated rings. The zero-order valence-corrected chi connectivity index (χ0v) is 16.1. The molecule has 3 nitrogen and oxygen atoms in total. The lowest BCUT2D eigenvalue weighted by Gasteiger charge is -2.08. The van der Waals surface area contributed by atoms with E-state index >= 15 is 0 Å². The zero-order valence-electron chi connectivity index (χ0n) is 15.4. The van der Waals surface area contributed by atoms with E-state index in [-0.39, 0.29) is 17.0 Å². The van der Waals surface area contributed by atoms with Gasteiger partial charge in [-0.05, 0) is 54.2 Å². The first-order valence-corrected chi connectivity index (χ1v) is 9.84. The lowest BCUT2D eigenvalue weighted by Crippen LogP contribution is -2.01. The van der Waals surface area contributed by atoms with Crippen LogP contribution in [0.15, 0.2) is 60.7 Å². The van der Waals surface area contributed by atoms with Crippen LogP contribution in [0.25, 0.3) is 22.0 Å². The van der Waals surface area contributed by atoms with Crippen molar-refractivity contribution in [1.29, 1.82) is 0 Å². The standard InChI is InChI=1S/C24H17ClFNO2/c25-20-12-21-19(11-18(20)15-8-6-14(7-9-15)13-4-5-13)22(24(29)27-21)23(28)16-2-1-3-17(26)10-16/h1-3,6-13,27,29H,4-5H2. The summed E-state index contributed by atoms with van der Waals surface area (Å²) in [5.74, 6) is -0.550. The number of benzene rings is 3. The minimum absolute atomic E-state index is 0.109. The summed E-state index contributed by atoms with van der Waals surface area (Å²) in [6.07, 6.45) is 2.47. The van der Waals surface area contributed by atoms with E-state index in [1.54, 1.807) is 12.1 Å². The number of carbonyl (C=O) groups excluding carboxylic acids is 1. The number of aromatic nitrogens is 1. The van der Waals surface area contributed by atoms with Gasteiger partial charge in [0.15, 0.2) is 5.78 Å². The van der Waals surface area contributed by atoms with Crippen molar-refractivity contribution in [3.05, 3.63) is 88.2 Å². The maximum Gasteiger partial charge on any atom is 0.200 e. The minimum Gasteiger partial charge on any atom is -0.494 e. The Bertz CT molecular complexity index is 1260. The topological polar surface area (TPSA) is 53.1 Å². The molecule has 2 N–H and O–H groups in total. The number of fused-ring (bicyclic) bond motifs is 1. The van der Waals surface area contributed by atoms with Crippen LogP contribution >= 0.6 is 11.6 Å². The summed E-state index contributed by atoms with van der Waals surface area (Å²) in [4.78, 5) is 15.8. The van der Waals surface area contributed by atoms with Crippen molar-refractivity contribution in [3.8, 4) is 17.0 Å². The van der Waals surface area contributed by atoms with Gasteiger partial charge >= 0.3 is 0 Å². The monoisotopic (exact) mass is 405 g/mol. The summed E-state index contributed by atoms with van der Waals surface area (Å²) in [5, 5.41) is 11.4. The van der Waals surface area contributed by atoms with Gasteiger partial charge < -0.3 is 10.1 Å². The van der Waals surface area contributed by atoms with Crippen molar-refractivity contribution in [2.24, 2.45) is 0 Å². The van der Waals surface area contributed by atoms with Gasteiger partial charge in [-0.2, -0.15) is 0 Å². The molecule has 0 radical (unpaired) electrons. The molecule has 0 unspecified atom stereocenters. The highest BCUT2D eigenvalue weighted by Crippen LogP contribution is 2.41. The number of halogens is 2. The first-order chi connectivity index (χ1) is 14.0. The maximum atomic E-state index is 13.6. The van der Waals surface area contributed by atoms with E-state index in [9.17, 15) is 14.3 Å². The Labute approximate surface area is 171 Å². The third-order valence-corrected chi connectivity index (χ3v) is 5.76. The third kappa shape index (κ3) is 3.19. The fraction of sp³-hybridized carbons (Fsp3) is 0.125. The van der Waals surface area contributed by atoms with Gasteiger partial charge in [-0.15, -0.1) is 0 Å². The fourth-order valence-corrected chi connectivity index (χ4v) is 4.05. The summed E-state index contributed by atoms with van der Waals surface area (Å²) in [7, 11) is 0. The van der Waals surface area contributed by atoms with Crippen molar-refractivity contribution in [1.82, 2.24) is 4.98 Å². The zero-order chi connectivity index (χ0) is 20.1. The Morgan fingerprint density at radius 1 is 1.07 bits per heavy atom. The Hall–Kier alpha value is -3.11. The highest BCUT2D eigenvalue weighted by molar-refractivity contribution is 6.34. The van der Waals surface area contributed by atoms with Gasteiger partial charge in [0, 0.05) is 16.5 Å². The molecular formula is C24H17ClFNO2. The molecule has 3 aromatic carbocycles. The molecule has 5 rings (SSSR count). The number of rotatable bonds is 4. The van der Waals surface area contributed by atoms with E-state index in [0.717, 1.165) is 17.2 Å². The lowest BCUT2D eigenvalue weighted by atomic mass is 9.97. The van der Waals surface area contributed by atoms with Gasteiger partial charge in [-0.25, -0.2) is 4.39 Å². The predicted molar refractivity (Wildman–Crippen MR) is 112 cm³/mol. The van der Waals surface area contributed by atoms with E-state index in [4.69, 9.17) is 11.6 Å². The minimum atomic E-state index is -0.505. The number of aromatic amines is 1. The highest BCUT2D eigenvalue weighted by atomic mass is 35.5. The quantitative estimate of drug-likeness (QED) is 0.384. The summed E-state index contributed by atoms with van der Waals surface area (Å²) in [6.45, 7) is 0. The van der Waals surface area contributed by atoms with Crippen molar-refractivity contribution in [2.75, 3.05) is 0 Å². The summed E-state index contributed by atoms with van der Waals surface area (Å²) < 4.78 is 13.6. The van der Waals surface area contributed by atoms with E-state index in [1.807, 2.05) is 12.1 Å². The van der Waals surface area contributed by atoms with Crippen LogP contribution in [0.2, 0.25) is 5.02 Å². The van der Waals surface area contributed by atoms with Crippen LogP contribution in [0.4, 0.5) is 4.39 Å². The molecule has 1 heterocycles. The first kappa shape index (κ1) is 18.0. The maximum absolute atomic E-state index is 13.6. The number of ketones is 1. The Kier molecular flexibility index (Phi) is 4.18. The van der Waals surface area contributed by atoms with Crippen LogP contribution < -0.4 is 0 Å². The van der Waals surface area contributed by atoms with Gasteiger partial charge in [-0.3, -0.25) is 4.79 Å². The highest BCUT2D eigenvalue weighted by Gasteiger charge is 2.24. The number of aromatic hydroxyl groups is 1. The molecule has 0 aliphatic heterocycles. The molecular weight excluding hydrogens is 389 g/mol. The summed E-state index contributed by atoms with van der Waals surface area (Å²) in [6, 6.07) is 17.2. The second-order valence-corrected chi connectivity index (χ2v) is 7.87. The van der Waals surface area contributed by atoms with Crippen LogP contribution in [0.5, 0.6) is 5.88 Å². The SMILES string of the molecule is O=C(c1cccc(F)c1)c1c(O)[nH]c2cc(Cl)c(-c3ccc(C4CC4)cc3)cc12. The van der Waals surface area contributed by atoms with Crippen LogP contribution in [0, 0.1) is 5.82 Å². The average Bonchev–Trinajstić information content (AvgIpc) is 3.50. The molecule has 1 aliphatic carbocycles. The number of nitrogens with one attached hydrogen (secondary N) is 1. The largest absolute Gasteiger partial charge is 0.494 e.